The van der Waals surface area contributed by atoms with Gasteiger partial charge in [-0.05, 0) is 24.3 Å². The number of carbonyl (C=O) groups excluding carboxylic acids is 1. The lowest BCUT2D eigenvalue weighted by Crippen LogP contribution is -2.36. The summed E-state index contributed by atoms with van der Waals surface area (Å²) in [5.41, 5.74) is 0.578. The molecule has 1 unspecified atom stereocenters. The molecule has 104 valence electrons. The number of hydrogen-bond donors (Lipinski definition) is 1. The van der Waals surface area contributed by atoms with Crippen LogP contribution in [0.2, 0.25) is 0 Å². The van der Waals surface area contributed by atoms with Gasteiger partial charge in [0, 0.05) is 0 Å². The highest BCUT2D eigenvalue weighted by Gasteiger charge is 2.32. The minimum atomic E-state index is -3.47. The van der Waals surface area contributed by atoms with Crippen molar-refractivity contribution in [3.8, 4) is 0 Å². The first kappa shape index (κ1) is 14.0. The first-order valence-electron chi connectivity index (χ1n) is 6.14. The fourth-order valence-corrected chi connectivity index (χ4v) is 3.48. The highest BCUT2D eigenvalue weighted by molar-refractivity contribution is 7.89. The Balaban J connectivity index is 2.16. The van der Waals surface area contributed by atoms with E-state index in [9.17, 15) is 13.2 Å². The van der Waals surface area contributed by atoms with E-state index in [-0.39, 0.29) is 11.7 Å². The smallest absolute Gasteiger partial charge is 0.328 e. The van der Waals surface area contributed by atoms with Gasteiger partial charge in [-0.15, -0.1) is 0 Å². The number of benzene rings is 1. The van der Waals surface area contributed by atoms with Crippen LogP contribution >= 0.6 is 0 Å². The molecule has 1 aliphatic carbocycles. The molecule has 1 aliphatic rings. The maximum Gasteiger partial charge on any atom is 0.328 e. The number of rotatable bonds is 6. The van der Waals surface area contributed by atoms with E-state index in [0.717, 1.165) is 12.8 Å². The molecule has 0 spiro atoms. The summed E-state index contributed by atoms with van der Waals surface area (Å²) in [4.78, 5) is 11.7. The fourth-order valence-electron chi connectivity index (χ4n) is 1.84. The standard InChI is InChI=1S/C13H17NO4S/c1-18-13(15)12(11-5-3-2-4-6-11)14-19(16,17)9-10-7-8-10/h2-6,10,12,14H,7-9H2,1H3. The molecule has 0 aliphatic heterocycles. The van der Waals surface area contributed by atoms with Crippen LogP contribution in [-0.2, 0) is 19.6 Å². The van der Waals surface area contributed by atoms with Crippen LogP contribution in [0.5, 0.6) is 0 Å². The Labute approximate surface area is 113 Å². The SMILES string of the molecule is COC(=O)C(NS(=O)(=O)CC1CC1)c1ccccc1. The van der Waals surface area contributed by atoms with Crippen LogP contribution in [0, 0.1) is 5.92 Å². The first-order chi connectivity index (χ1) is 9.02. The van der Waals surface area contributed by atoms with Crippen LogP contribution in [0.4, 0.5) is 0 Å². The Morgan fingerprint density at radius 1 is 1.37 bits per heavy atom. The molecule has 1 saturated carbocycles. The minimum absolute atomic E-state index is 0.0767. The second-order valence-electron chi connectivity index (χ2n) is 4.71. The number of hydrogen-bond acceptors (Lipinski definition) is 4. The normalized spacial score (nSPS) is 16.9. The van der Waals surface area contributed by atoms with Gasteiger partial charge in [-0.1, -0.05) is 30.3 Å². The quantitative estimate of drug-likeness (QED) is 0.797. The monoisotopic (exact) mass is 283 g/mol. The van der Waals surface area contributed by atoms with Crippen LogP contribution in [0.25, 0.3) is 0 Å². The van der Waals surface area contributed by atoms with Crippen LogP contribution in [0.3, 0.4) is 0 Å². The van der Waals surface area contributed by atoms with Crippen molar-refractivity contribution in [3.63, 3.8) is 0 Å². The number of esters is 1. The molecule has 0 amide bonds. The van der Waals surface area contributed by atoms with Gasteiger partial charge < -0.3 is 4.74 Å². The molecule has 1 aromatic carbocycles. The van der Waals surface area contributed by atoms with Gasteiger partial charge in [0.15, 0.2) is 0 Å². The van der Waals surface area contributed by atoms with Crippen molar-refractivity contribution in [1.82, 2.24) is 4.72 Å². The maximum absolute atomic E-state index is 12.0. The molecular formula is C13H17NO4S. The van der Waals surface area contributed by atoms with Crippen LogP contribution in [-0.4, -0.2) is 27.2 Å². The van der Waals surface area contributed by atoms with Gasteiger partial charge >= 0.3 is 5.97 Å². The van der Waals surface area contributed by atoms with Gasteiger partial charge in [-0.25, -0.2) is 13.2 Å². The molecule has 6 heteroatoms. The van der Waals surface area contributed by atoms with Crippen LogP contribution < -0.4 is 4.72 Å². The summed E-state index contributed by atoms with van der Waals surface area (Å²) in [6.45, 7) is 0. The molecule has 0 heterocycles. The average molecular weight is 283 g/mol. The molecule has 0 bridgehead atoms. The third-order valence-electron chi connectivity index (χ3n) is 3.02. The topological polar surface area (TPSA) is 72.5 Å². The molecular weight excluding hydrogens is 266 g/mol. The van der Waals surface area contributed by atoms with Crippen molar-refractivity contribution in [2.75, 3.05) is 12.9 Å². The number of ether oxygens (including phenoxy) is 1. The van der Waals surface area contributed by atoms with Gasteiger partial charge in [0.05, 0.1) is 12.9 Å². The van der Waals surface area contributed by atoms with Crippen molar-refractivity contribution >= 4 is 16.0 Å². The predicted octanol–water partition coefficient (Wildman–Crippen LogP) is 1.23. The second kappa shape index (κ2) is 5.71. The number of carbonyl (C=O) groups is 1. The van der Waals surface area contributed by atoms with E-state index in [1.54, 1.807) is 30.3 Å². The lowest BCUT2D eigenvalue weighted by molar-refractivity contribution is -0.142. The average Bonchev–Trinajstić information content (AvgIpc) is 3.19. The van der Waals surface area contributed by atoms with Crippen molar-refractivity contribution in [2.24, 2.45) is 5.92 Å². The molecule has 5 nitrogen and oxygen atoms in total. The Kier molecular flexibility index (Phi) is 4.21. The van der Waals surface area contributed by atoms with Crippen molar-refractivity contribution < 1.29 is 17.9 Å². The van der Waals surface area contributed by atoms with E-state index in [0.29, 0.717) is 5.56 Å². The van der Waals surface area contributed by atoms with Crippen molar-refractivity contribution in [2.45, 2.75) is 18.9 Å². The van der Waals surface area contributed by atoms with Crippen LogP contribution in [0.1, 0.15) is 24.4 Å². The summed E-state index contributed by atoms with van der Waals surface area (Å²) in [7, 11) is -2.23. The summed E-state index contributed by atoms with van der Waals surface area (Å²) >= 11 is 0. The summed E-state index contributed by atoms with van der Waals surface area (Å²) in [6.07, 6.45) is 1.88. The molecule has 0 radical (unpaired) electrons. The van der Waals surface area contributed by atoms with E-state index in [1.807, 2.05) is 0 Å². The minimum Gasteiger partial charge on any atom is -0.468 e. The van der Waals surface area contributed by atoms with Crippen molar-refractivity contribution in [1.29, 1.82) is 0 Å². The summed E-state index contributed by atoms with van der Waals surface area (Å²) in [6, 6.07) is 7.72. The van der Waals surface area contributed by atoms with Gasteiger partial charge in [0.2, 0.25) is 10.0 Å². The zero-order chi connectivity index (χ0) is 13.9. The molecule has 0 saturated heterocycles. The molecule has 0 aromatic heterocycles. The third-order valence-corrected chi connectivity index (χ3v) is 4.52. The molecule has 2 rings (SSSR count). The highest BCUT2D eigenvalue weighted by atomic mass is 32.2. The summed E-state index contributed by atoms with van der Waals surface area (Å²) in [5, 5.41) is 0. The first-order valence-corrected chi connectivity index (χ1v) is 7.80. The predicted molar refractivity (Wildman–Crippen MR) is 70.8 cm³/mol. The zero-order valence-electron chi connectivity index (χ0n) is 10.7. The number of methoxy groups -OCH3 is 1. The van der Waals surface area contributed by atoms with E-state index in [1.165, 1.54) is 7.11 Å². The van der Waals surface area contributed by atoms with Crippen molar-refractivity contribution in [3.05, 3.63) is 35.9 Å². The molecule has 1 fully saturated rings. The van der Waals surface area contributed by atoms with Gasteiger partial charge in [0.25, 0.3) is 0 Å². The molecule has 1 aromatic rings. The second-order valence-corrected chi connectivity index (χ2v) is 6.51. The lowest BCUT2D eigenvalue weighted by Gasteiger charge is -2.16. The number of nitrogens with one attached hydrogen (secondary N) is 1. The van der Waals surface area contributed by atoms with E-state index in [2.05, 4.69) is 9.46 Å². The summed E-state index contributed by atoms with van der Waals surface area (Å²) in [5.74, 6) is -0.301. The number of sulfonamides is 1. The summed E-state index contributed by atoms with van der Waals surface area (Å²) < 4.78 is 31.0. The van der Waals surface area contributed by atoms with E-state index < -0.39 is 22.0 Å². The van der Waals surface area contributed by atoms with E-state index in [4.69, 9.17) is 0 Å². The Morgan fingerprint density at radius 2 is 2.00 bits per heavy atom. The Hall–Kier alpha value is -1.40. The molecule has 1 N–H and O–H groups in total. The lowest BCUT2D eigenvalue weighted by atomic mass is 10.1. The Morgan fingerprint density at radius 3 is 2.53 bits per heavy atom. The van der Waals surface area contributed by atoms with E-state index >= 15 is 0 Å². The van der Waals surface area contributed by atoms with Gasteiger partial charge in [-0.3, -0.25) is 0 Å². The van der Waals surface area contributed by atoms with Gasteiger partial charge in [0.1, 0.15) is 6.04 Å². The van der Waals surface area contributed by atoms with Gasteiger partial charge in [-0.2, -0.15) is 4.72 Å². The van der Waals surface area contributed by atoms with Crippen LogP contribution in [0.15, 0.2) is 30.3 Å². The largest absolute Gasteiger partial charge is 0.468 e. The Bertz CT molecular complexity index is 537. The zero-order valence-corrected chi connectivity index (χ0v) is 11.5. The third kappa shape index (κ3) is 4.04. The molecule has 19 heavy (non-hydrogen) atoms. The highest BCUT2D eigenvalue weighted by Crippen LogP contribution is 2.30. The maximum atomic E-state index is 12.0. The fraction of sp³-hybridized carbons (Fsp3) is 0.462. The molecule has 1 atom stereocenters.